The number of rotatable bonds is 6. The SMILES string of the molecule is O=C1CC(=O)N(CCN2CCCC2)C(=O)N1CCc1ccc(F)cc1. The van der Waals surface area contributed by atoms with Gasteiger partial charge in [0.2, 0.25) is 11.8 Å². The molecule has 0 unspecified atom stereocenters. The van der Waals surface area contributed by atoms with Crippen molar-refractivity contribution in [1.29, 1.82) is 0 Å². The minimum Gasteiger partial charge on any atom is -0.302 e. The van der Waals surface area contributed by atoms with Crippen LogP contribution in [0, 0.1) is 5.82 Å². The van der Waals surface area contributed by atoms with Crippen molar-refractivity contribution in [2.24, 2.45) is 0 Å². The molecule has 0 radical (unpaired) electrons. The molecular weight excluding hydrogens is 325 g/mol. The third-order valence-electron chi connectivity index (χ3n) is 4.74. The zero-order chi connectivity index (χ0) is 17.8. The van der Waals surface area contributed by atoms with Gasteiger partial charge in [0.05, 0.1) is 0 Å². The van der Waals surface area contributed by atoms with Crippen LogP contribution >= 0.6 is 0 Å². The molecule has 6 nitrogen and oxygen atoms in total. The molecule has 7 heteroatoms. The monoisotopic (exact) mass is 347 g/mol. The van der Waals surface area contributed by atoms with Crippen LogP contribution < -0.4 is 0 Å². The number of carbonyl (C=O) groups excluding carboxylic acids is 3. The lowest BCUT2D eigenvalue weighted by Crippen LogP contribution is -2.56. The van der Waals surface area contributed by atoms with Gasteiger partial charge in [-0.1, -0.05) is 12.1 Å². The number of imide groups is 2. The normalized spacial score (nSPS) is 19.2. The largest absolute Gasteiger partial charge is 0.333 e. The molecule has 0 bridgehead atoms. The molecule has 0 N–H and O–H groups in total. The summed E-state index contributed by atoms with van der Waals surface area (Å²) in [7, 11) is 0. The van der Waals surface area contributed by atoms with E-state index in [1.807, 2.05) is 0 Å². The molecule has 1 aromatic carbocycles. The summed E-state index contributed by atoms with van der Waals surface area (Å²) in [6.07, 6.45) is 2.45. The highest BCUT2D eigenvalue weighted by molar-refractivity contribution is 6.14. The standard InChI is InChI=1S/C18H22FN3O3/c19-15-5-3-14(4-6-15)7-10-21-16(23)13-17(24)22(18(21)25)12-11-20-8-1-2-9-20/h3-6H,1-2,7-13H2. The highest BCUT2D eigenvalue weighted by Gasteiger charge is 2.37. The third-order valence-corrected chi connectivity index (χ3v) is 4.74. The Balaban J connectivity index is 1.59. The summed E-state index contributed by atoms with van der Waals surface area (Å²) < 4.78 is 12.9. The van der Waals surface area contributed by atoms with Crippen LogP contribution in [0.1, 0.15) is 24.8 Å². The fourth-order valence-electron chi connectivity index (χ4n) is 3.26. The van der Waals surface area contributed by atoms with E-state index in [2.05, 4.69) is 4.90 Å². The first-order valence-electron chi connectivity index (χ1n) is 8.66. The van der Waals surface area contributed by atoms with Gasteiger partial charge in [0.25, 0.3) is 0 Å². The lowest BCUT2D eigenvalue weighted by molar-refractivity contribution is -0.142. The van der Waals surface area contributed by atoms with E-state index >= 15 is 0 Å². The number of hydrogen-bond donors (Lipinski definition) is 0. The molecule has 0 aromatic heterocycles. The van der Waals surface area contributed by atoms with Crippen LogP contribution in [0.4, 0.5) is 9.18 Å². The first kappa shape index (κ1) is 17.5. The zero-order valence-corrected chi connectivity index (χ0v) is 14.1. The summed E-state index contributed by atoms with van der Waals surface area (Å²) in [5.41, 5.74) is 0.836. The summed E-state index contributed by atoms with van der Waals surface area (Å²) >= 11 is 0. The molecule has 4 amide bonds. The van der Waals surface area contributed by atoms with Gasteiger partial charge in [0.1, 0.15) is 12.2 Å². The summed E-state index contributed by atoms with van der Waals surface area (Å²) in [6.45, 7) is 3.14. The summed E-state index contributed by atoms with van der Waals surface area (Å²) in [5.74, 6) is -1.21. The minimum absolute atomic E-state index is 0.191. The number of nitrogens with zero attached hydrogens (tertiary/aromatic N) is 3. The van der Waals surface area contributed by atoms with Crippen molar-refractivity contribution in [1.82, 2.24) is 14.7 Å². The van der Waals surface area contributed by atoms with Crippen LogP contribution in [0.5, 0.6) is 0 Å². The molecule has 134 valence electrons. The summed E-state index contributed by atoms with van der Waals surface area (Å²) in [6, 6.07) is 5.42. The maximum Gasteiger partial charge on any atom is 0.333 e. The molecular formula is C18H22FN3O3. The van der Waals surface area contributed by atoms with Crippen LogP contribution in [-0.2, 0) is 16.0 Å². The molecule has 0 atom stereocenters. The van der Waals surface area contributed by atoms with E-state index in [1.54, 1.807) is 12.1 Å². The second-order valence-electron chi connectivity index (χ2n) is 6.48. The molecule has 0 spiro atoms. The van der Waals surface area contributed by atoms with Crippen molar-refractivity contribution < 1.29 is 18.8 Å². The van der Waals surface area contributed by atoms with Gasteiger partial charge in [-0.25, -0.2) is 9.18 Å². The van der Waals surface area contributed by atoms with E-state index < -0.39 is 17.8 Å². The second kappa shape index (κ2) is 7.74. The highest BCUT2D eigenvalue weighted by atomic mass is 19.1. The number of benzene rings is 1. The molecule has 2 saturated heterocycles. The number of barbiturate groups is 1. The van der Waals surface area contributed by atoms with Crippen LogP contribution in [0.3, 0.4) is 0 Å². The molecule has 1 aromatic rings. The van der Waals surface area contributed by atoms with E-state index in [9.17, 15) is 18.8 Å². The summed E-state index contributed by atoms with van der Waals surface area (Å²) in [5, 5.41) is 0. The van der Waals surface area contributed by atoms with E-state index in [0.29, 0.717) is 19.5 Å². The Kier molecular flexibility index (Phi) is 5.43. The predicted molar refractivity (Wildman–Crippen MR) is 89.2 cm³/mol. The molecule has 3 rings (SSSR count). The second-order valence-corrected chi connectivity index (χ2v) is 6.48. The van der Waals surface area contributed by atoms with Crippen molar-refractivity contribution in [3.05, 3.63) is 35.6 Å². The number of likely N-dealkylation sites (tertiary alicyclic amines) is 1. The predicted octanol–water partition coefficient (Wildman–Crippen LogP) is 1.64. The van der Waals surface area contributed by atoms with E-state index in [1.165, 1.54) is 17.0 Å². The minimum atomic E-state index is -0.539. The quantitative estimate of drug-likeness (QED) is 0.734. The van der Waals surface area contributed by atoms with Crippen molar-refractivity contribution in [2.75, 3.05) is 32.7 Å². The van der Waals surface area contributed by atoms with Gasteiger partial charge in [-0.15, -0.1) is 0 Å². The number of hydrogen-bond acceptors (Lipinski definition) is 4. The Morgan fingerprint density at radius 1 is 0.840 bits per heavy atom. The molecule has 0 saturated carbocycles. The van der Waals surface area contributed by atoms with Crippen molar-refractivity contribution in [3.8, 4) is 0 Å². The maximum atomic E-state index is 12.9. The Bertz CT molecular complexity index is 656. The lowest BCUT2D eigenvalue weighted by atomic mass is 10.1. The molecule has 2 heterocycles. The van der Waals surface area contributed by atoms with E-state index in [0.717, 1.165) is 36.4 Å². The smallest absolute Gasteiger partial charge is 0.302 e. The highest BCUT2D eigenvalue weighted by Crippen LogP contribution is 2.15. The Hall–Kier alpha value is -2.28. The number of urea groups is 1. The van der Waals surface area contributed by atoms with Crippen LogP contribution in [0.2, 0.25) is 0 Å². The van der Waals surface area contributed by atoms with E-state index in [-0.39, 0.29) is 18.8 Å². The van der Waals surface area contributed by atoms with E-state index in [4.69, 9.17) is 0 Å². The zero-order valence-electron chi connectivity index (χ0n) is 14.1. The van der Waals surface area contributed by atoms with Gasteiger partial charge in [-0.2, -0.15) is 0 Å². The third kappa shape index (κ3) is 4.22. The topological polar surface area (TPSA) is 60.9 Å². The fourth-order valence-corrected chi connectivity index (χ4v) is 3.26. The molecule has 2 fully saturated rings. The van der Waals surface area contributed by atoms with Gasteiger partial charge < -0.3 is 4.90 Å². The van der Waals surface area contributed by atoms with Crippen molar-refractivity contribution >= 4 is 17.8 Å². The lowest BCUT2D eigenvalue weighted by Gasteiger charge is -2.33. The Labute approximate surface area is 146 Å². The number of halogens is 1. The van der Waals surface area contributed by atoms with Gasteiger partial charge >= 0.3 is 6.03 Å². The average molecular weight is 347 g/mol. The van der Waals surface area contributed by atoms with Crippen molar-refractivity contribution in [2.45, 2.75) is 25.7 Å². The maximum absolute atomic E-state index is 12.9. The molecule has 2 aliphatic rings. The molecule has 0 aliphatic carbocycles. The van der Waals surface area contributed by atoms with Gasteiger partial charge in [0, 0.05) is 19.6 Å². The van der Waals surface area contributed by atoms with Crippen LogP contribution in [0.25, 0.3) is 0 Å². The van der Waals surface area contributed by atoms with Crippen molar-refractivity contribution in [3.63, 3.8) is 0 Å². The molecule has 2 aliphatic heterocycles. The van der Waals surface area contributed by atoms with Gasteiger partial charge in [-0.3, -0.25) is 19.4 Å². The summed E-state index contributed by atoms with van der Waals surface area (Å²) in [4.78, 5) is 41.3. The van der Waals surface area contributed by atoms with Crippen LogP contribution in [0.15, 0.2) is 24.3 Å². The number of amides is 4. The Morgan fingerprint density at radius 2 is 1.44 bits per heavy atom. The van der Waals surface area contributed by atoms with Gasteiger partial charge in [0.15, 0.2) is 0 Å². The first-order valence-corrected chi connectivity index (χ1v) is 8.66. The van der Waals surface area contributed by atoms with Crippen LogP contribution in [-0.4, -0.2) is 65.3 Å². The first-order chi connectivity index (χ1) is 12.0. The van der Waals surface area contributed by atoms with Gasteiger partial charge in [-0.05, 0) is 50.0 Å². The fraction of sp³-hybridized carbons (Fsp3) is 0.500. The number of carbonyl (C=O) groups is 3. The molecule has 25 heavy (non-hydrogen) atoms. The average Bonchev–Trinajstić information content (AvgIpc) is 3.09. The Morgan fingerprint density at radius 3 is 2.08 bits per heavy atom.